The van der Waals surface area contributed by atoms with E-state index in [1.807, 2.05) is 6.92 Å². The normalized spacial score (nSPS) is 26.2. The molecular weight excluding hydrogens is 168 g/mol. The number of nitrogens with zero attached hydrogens (tertiary/aromatic N) is 1. The lowest BCUT2D eigenvalue weighted by Crippen LogP contribution is -2.63. The summed E-state index contributed by atoms with van der Waals surface area (Å²) >= 11 is 0. The van der Waals surface area contributed by atoms with E-state index in [9.17, 15) is 9.59 Å². The van der Waals surface area contributed by atoms with Gasteiger partial charge in [0.25, 0.3) is 0 Å². The summed E-state index contributed by atoms with van der Waals surface area (Å²) in [5.74, 6) is -0.0375. The number of likely N-dealkylation sites (tertiary alicyclic amines) is 1. The van der Waals surface area contributed by atoms with Crippen molar-refractivity contribution in [3.63, 3.8) is 0 Å². The van der Waals surface area contributed by atoms with Crippen molar-refractivity contribution in [3.05, 3.63) is 12.7 Å². The van der Waals surface area contributed by atoms with E-state index in [1.165, 1.54) is 11.0 Å². The smallest absolute Gasteiger partial charge is 0.246 e. The Labute approximate surface area is 77.6 Å². The summed E-state index contributed by atoms with van der Waals surface area (Å²) in [6.07, 6.45) is 1.24. The highest BCUT2D eigenvalue weighted by Crippen LogP contribution is 2.24. The molecule has 2 atom stereocenters. The van der Waals surface area contributed by atoms with Gasteiger partial charge < -0.3 is 10.2 Å². The highest BCUT2D eigenvalue weighted by atomic mass is 16.2. The molecule has 0 aromatic rings. The van der Waals surface area contributed by atoms with Gasteiger partial charge in [0.1, 0.15) is 6.04 Å². The average molecular weight is 182 g/mol. The van der Waals surface area contributed by atoms with Crippen molar-refractivity contribution < 1.29 is 9.59 Å². The molecule has 0 radical (unpaired) electrons. The molecule has 1 rings (SSSR count). The number of hydrogen-bond acceptors (Lipinski definition) is 2. The van der Waals surface area contributed by atoms with Crippen molar-refractivity contribution >= 4 is 11.8 Å². The standard InChI is InChI=1S/C9H14N2O2/c1-4-7(12)11-5-6(2)8(11)9(13)10-3/h4,6,8H,1,5H2,2-3H3,(H,10,13)/t6-,8-/m1/s1. The lowest BCUT2D eigenvalue weighted by Gasteiger charge is -2.44. The Balaban J connectivity index is 2.66. The molecule has 72 valence electrons. The van der Waals surface area contributed by atoms with E-state index in [4.69, 9.17) is 0 Å². The molecule has 1 aliphatic heterocycles. The van der Waals surface area contributed by atoms with Crippen LogP contribution in [-0.2, 0) is 9.59 Å². The van der Waals surface area contributed by atoms with Crippen molar-refractivity contribution in [2.75, 3.05) is 13.6 Å². The summed E-state index contributed by atoms with van der Waals surface area (Å²) in [7, 11) is 1.57. The van der Waals surface area contributed by atoms with Gasteiger partial charge in [-0.3, -0.25) is 9.59 Å². The van der Waals surface area contributed by atoms with E-state index in [2.05, 4.69) is 11.9 Å². The first kappa shape index (κ1) is 9.77. The number of carbonyl (C=O) groups is 2. The van der Waals surface area contributed by atoms with Gasteiger partial charge >= 0.3 is 0 Å². The molecule has 0 spiro atoms. The van der Waals surface area contributed by atoms with Gasteiger partial charge in [-0.25, -0.2) is 0 Å². The number of likely N-dealkylation sites (N-methyl/N-ethyl adjacent to an activating group) is 1. The van der Waals surface area contributed by atoms with Crippen molar-refractivity contribution in [3.8, 4) is 0 Å². The molecular formula is C9H14N2O2. The van der Waals surface area contributed by atoms with E-state index in [0.29, 0.717) is 6.54 Å². The molecule has 1 heterocycles. The number of hydrogen-bond donors (Lipinski definition) is 1. The highest BCUT2D eigenvalue weighted by molar-refractivity contribution is 5.94. The second kappa shape index (κ2) is 3.60. The molecule has 2 amide bonds. The van der Waals surface area contributed by atoms with Crippen LogP contribution in [0.2, 0.25) is 0 Å². The molecule has 0 bridgehead atoms. The molecule has 4 heteroatoms. The van der Waals surface area contributed by atoms with E-state index in [0.717, 1.165) is 0 Å². The summed E-state index contributed by atoms with van der Waals surface area (Å²) in [5, 5.41) is 2.54. The summed E-state index contributed by atoms with van der Waals surface area (Å²) in [4.78, 5) is 24.0. The first-order chi connectivity index (χ1) is 6.11. The third kappa shape index (κ3) is 1.56. The molecule has 0 aliphatic carbocycles. The minimum Gasteiger partial charge on any atom is -0.357 e. The van der Waals surface area contributed by atoms with Gasteiger partial charge in [0.05, 0.1) is 0 Å². The van der Waals surface area contributed by atoms with Crippen LogP contribution in [-0.4, -0.2) is 36.3 Å². The van der Waals surface area contributed by atoms with Crippen LogP contribution in [0.3, 0.4) is 0 Å². The van der Waals surface area contributed by atoms with Gasteiger partial charge in [-0.2, -0.15) is 0 Å². The van der Waals surface area contributed by atoms with Crippen molar-refractivity contribution in [1.82, 2.24) is 10.2 Å². The van der Waals surface area contributed by atoms with Crippen molar-refractivity contribution in [1.29, 1.82) is 0 Å². The van der Waals surface area contributed by atoms with Crippen LogP contribution >= 0.6 is 0 Å². The first-order valence-electron chi connectivity index (χ1n) is 4.26. The maximum atomic E-state index is 11.3. The molecule has 13 heavy (non-hydrogen) atoms. The fraction of sp³-hybridized carbons (Fsp3) is 0.556. The molecule has 0 aromatic heterocycles. The molecule has 1 fully saturated rings. The topological polar surface area (TPSA) is 49.4 Å². The first-order valence-corrected chi connectivity index (χ1v) is 4.26. The Morgan fingerprint density at radius 1 is 1.62 bits per heavy atom. The van der Waals surface area contributed by atoms with Crippen LogP contribution in [0.4, 0.5) is 0 Å². The molecule has 1 aliphatic rings. The molecule has 0 saturated carbocycles. The summed E-state index contributed by atoms with van der Waals surface area (Å²) in [6.45, 7) is 5.98. The van der Waals surface area contributed by atoms with Crippen molar-refractivity contribution in [2.45, 2.75) is 13.0 Å². The predicted molar refractivity (Wildman–Crippen MR) is 48.9 cm³/mol. The van der Waals surface area contributed by atoms with Crippen LogP contribution in [0.1, 0.15) is 6.92 Å². The second-order valence-electron chi connectivity index (χ2n) is 3.23. The van der Waals surface area contributed by atoms with Gasteiger partial charge in [-0.05, 0) is 6.08 Å². The third-order valence-electron chi connectivity index (χ3n) is 2.33. The Morgan fingerprint density at radius 2 is 2.23 bits per heavy atom. The quantitative estimate of drug-likeness (QED) is 0.599. The third-order valence-corrected chi connectivity index (χ3v) is 2.33. The van der Waals surface area contributed by atoms with Gasteiger partial charge in [-0.1, -0.05) is 13.5 Å². The number of carbonyl (C=O) groups excluding carboxylic acids is 2. The van der Waals surface area contributed by atoms with E-state index >= 15 is 0 Å². The van der Waals surface area contributed by atoms with Crippen LogP contribution in [0.15, 0.2) is 12.7 Å². The van der Waals surface area contributed by atoms with Crippen molar-refractivity contribution in [2.24, 2.45) is 5.92 Å². The zero-order chi connectivity index (χ0) is 10.0. The SMILES string of the molecule is C=CC(=O)N1C[C@@H](C)[C@@H]1C(=O)NC. The summed E-state index contributed by atoms with van der Waals surface area (Å²) in [5.41, 5.74) is 0. The minimum atomic E-state index is -0.310. The fourth-order valence-electron chi connectivity index (χ4n) is 1.59. The second-order valence-corrected chi connectivity index (χ2v) is 3.23. The van der Waals surface area contributed by atoms with Gasteiger partial charge in [-0.15, -0.1) is 0 Å². The van der Waals surface area contributed by atoms with E-state index in [1.54, 1.807) is 7.05 Å². The Kier molecular flexibility index (Phi) is 2.70. The maximum Gasteiger partial charge on any atom is 0.246 e. The molecule has 0 aromatic carbocycles. The maximum absolute atomic E-state index is 11.3. The molecule has 0 unspecified atom stereocenters. The van der Waals surface area contributed by atoms with Gasteiger partial charge in [0.15, 0.2) is 0 Å². The zero-order valence-electron chi connectivity index (χ0n) is 7.91. The minimum absolute atomic E-state index is 0.103. The number of rotatable bonds is 2. The Hall–Kier alpha value is -1.32. The van der Waals surface area contributed by atoms with Crippen LogP contribution in [0.25, 0.3) is 0 Å². The molecule has 1 N–H and O–H groups in total. The predicted octanol–water partition coefficient (Wildman–Crippen LogP) is -0.235. The zero-order valence-corrected chi connectivity index (χ0v) is 7.91. The van der Waals surface area contributed by atoms with Gasteiger partial charge in [0.2, 0.25) is 11.8 Å². The van der Waals surface area contributed by atoms with Crippen LogP contribution in [0.5, 0.6) is 0 Å². The Bertz CT molecular complexity index is 250. The van der Waals surface area contributed by atoms with Crippen LogP contribution in [0, 0.1) is 5.92 Å². The summed E-state index contributed by atoms with van der Waals surface area (Å²) < 4.78 is 0. The molecule has 1 saturated heterocycles. The fourth-order valence-corrected chi connectivity index (χ4v) is 1.59. The average Bonchev–Trinajstić information content (AvgIpc) is 2.12. The number of nitrogens with one attached hydrogen (secondary N) is 1. The molecule has 4 nitrogen and oxygen atoms in total. The lowest BCUT2D eigenvalue weighted by atomic mass is 9.89. The number of amides is 2. The Morgan fingerprint density at radius 3 is 2.62 bits per heavy atom. The summed E-state index contributed by atoms with van der Waals surface area (Å²) in [6, 6.07) is -0.310. The van der Waals surface area contributed by atoms with E-state index < -0.39 is 0 Å². The van der Waals surface area contributed by atoms with E-state index in [-0.39, 0.29) is 23.8 Å². The van der Waals surface area contributed by atoms with Crippen LogP contribution < -0.4 is 5.32 Å². The highest BCUT2D eigenvalue weighted by Gasteiger charge is 2.42. The monoisotopic (exact) mass is 182 g/mol. The van der Waals surface area contributed by atoms with Gasteiger partial charge in [0, 0.05) is 19.5 Å². The lowest BCUT2D eigenvalue weighted by molar-refractivity contribution is -0.148. The largest absolute Gasteiger partial charge is 0.357 e.